The van der Waals surface area contributed by atoms with Crippen LogP contribution in [0.3, 0.4) is 0 Å². The van der Waals surface area contributed by atoms with E-state index in [4.69, 9.17) is 0 Å². The van der Waals surface area contributed by atoms with E-state index in [1.165, 1.54) is 32.1 Å². The second kappa shape index (κ2) is 8.13. The zero-order valence-electron chi connectivity index (χ0n) is 22.0. The van der Waals surface area contributed by atoms with Crippen LogP contribution in [0.4, 0.5) is 0 Å². The van der Waals surface area contributed by atoms with Gasteiger partial charge in [0.15, 0.2) is 5.78 Å². The zero-order valence-corrected chi connectivity index (χ0v) is 22.0. The summed E-state index contributed by atoms with van der Waals surface area (Å²) >= 11 is 0. The lowest BCUT2D eigenvalue weighted by atomic mass is 9.44. The van der Waals surface area contributed by atoms with Crippen LogP contribution in [0.15, 0.2) is 24.7 Å². The Labute approximate surface area is 210 Å². The number of aromatic nitrogens is 3. The fourth-order valence-electron chi connectivity index (χ4n) is 9.93. The van der Waals surface area contributed by atoms with Crippen LogP contribution in [-0.2, 0) is 11.3 Å². The summed E-state index contributed by atoms with van der Waals surface area (Å²) in [5, 5.41) is 16.4. The Kier molecular flexibility index (Phi) is 5.49. The number of hydrogen-bond donors (Lipinski definition) is 1. The first-order valence-corrected chi connectivity index (χ1v) is 14.2. The lowest BCUT2D eigenvalue weighted by Gasteiger charge is -2.61. The Hall–Kier alpha value is -1.75. The molecule has 4 aliphatic carbocycles. The molecule has 190 valence electrons. The van der Waals surface area contributed by atoms with Crippen molar-refractivity contribution >= 4 is 16.7 Å². The van der Waals surface area contributed by atoms with E-state index in [0.29, 0.717) is 35.5 Å². The largest absolute Gasteiger partial charge is 0.390 e. The third kappa shape index (κ3) is 3.54. The molecule has 2 heterocycles. The average molecular weight is 478 g/mol. The van der Waals surface area contributed by atoms with Gasteiger partial charge in [-0.05, 0) is 105 Å². The number of aliphatic hydroxyl groups is 1. The van der Waals surface area contributed by atoms with Gasteiger partial charge in [0, 0.05) is 17.5 Å². The van der Waals surface area contributed by atoms with Gasteiger partial charge in [-0.2, -0.15) is 5.10 Å². The maximum atomic E-state index is 14.0. The zero-order chi connectivity index (χ0) is 24.6. The maximum absolute atomic E-state index is 14.0. The highest BCUT2D eigenvalue weighted by Crippen LogP contribution is 2.69. The summed E-state index contributed by atoms with van der Waals surface area (Å²) < 4.78 is 1.87. The molecule has 4 aliphatic rings. The number of nitrogens with zero attached hydrogens (tertiary/aromatic N) is 3. The molecule has 6 rings (SSSR count). The SMILES string of the molecule is CC[C@@H]1C[C@H]2[C@@H]3CC[C@H]4C[C@](C)(O)CC[C@]4(C)[C@H]3CC[C@]2(C)[C@H]1C(=O)Cn1ncc2ccncc21. The quantitative estimate of drug-likeness (QED) is 0.582. The van der Waals surface area contributed by atoms with Crippen LogP contribution >= 0.6 is 0 Å². The minimum Gasteiger partial charge on any atom is -0.390 e. The molecule has 0 unspecified atom stereocenters. The van der Waals surface area contributed by atoms with Gasteiger partial charge < -0.3 is 5.11 Å². The van der Waals surface area contributed by atoms with E-state index in [9.17, 15) is 9.90 Å². The van der Waals surface area contributed by atoms with Crippen molar-refractivity contribution in [2.45, 2.75) is 97.6 Å². The number of hydrogen-bond acceptors (Lipinski definition) is 4. The summed E-state index contributed by atoms with van der Waals surface area (Å²) in [6.07, 6.45) is 15.8. The van der Waals surface area contributed by atoms with E-state index in [-0.39, 0.29) is 11.3 Å². The summed E-state index contributed by atoms with van der Waals surface area (Å²) in [5.41, 5.74) is 0.933. The number of fused-ring (bicyclic) bond motifs is 6. The molecule has 0 amide bonds. The third-order valence-corrected chi connectivity index (χ3v) is 11.8. The van der Waals surface area contributed by atoms with E-state index in [1.807, 2.05) is 23.1 Å². The van der Waals surface area contributed by atoms with Crippen LogP contribution in [0.1, 0.15) is 85.5 Å². The number of pyridine rings is 1. The molecule has 1 N–H and O–H groups in total. The van der Waals surface area contributed by atoms with Gasteiger partial charge in [-0.25, -0.2) is 0 Å². The summed E-state index contributed by atoms with van der Waals surface area (Å²) in [6.45, 7) is 9.72. The van der Waals surface area contributed by atoms with E-state index in [2.05, 4.69) is 37.8 Å². The number of carbonyl (C=O) groups is 1. The van der Waals surface area contributed by atoms with Gasteiger partial charge in [0.25, 0.3) is 0 Å². The molecule has 35 heavy (non-hydrogen) atoms. The fraction of sp³-hybridized carbons (Fsp3) is 0.767. The van der Waals surface area contributed by atoms with Gasteiger partial charge in [-0.1, -0.05) is 27.2 Å². The molecule has 5 nitrogen and oxygen atoms in total. The molecular weight excluding hydrogens is 434 g/mol. The van der Waals surface area contributed by atoms with Crippen molar-refractivity contribution in [3.05, 3.63) is 24.7 Å². The first-order valence-electron chi connectivity index (χ1n) is 14.2. The summed E-state index contributed by atoms with van der Waals surface area (Å²) in [6, 6.07) is 1.97. The molecule has 4 fully saturated rings. The van der Waals surface area contributed by atoms with Crippen molar-refractivity contribution in [2.75, 3.05) is 0 Å². The normalized spacial score (nSPS) is 45.1. The number of Topliss-reactive ketones (excluding diaryl/α,β-unsaturated/α-hetero) is 1. The minimum atomic E-state index is -0.482. The Morgan fingerprint density at radius 1 is 1.09 bits per heavy atom. The molecule has 0 aliphatic heterocycles. The van der Waals surface area contributed by atoms with Gasteiger partial charge >= 0.3 is 0 Å². The Bertz CT molecular complexity index is 1120. The second-order valence-electron chi connectivity index (χ2n) is 13.5. The number of rotatable bonds is 4. The van der Waals surface area contributed by atoms with Crippen LogP contribution in [-0.4, -0.2) is 31.3 Å². The van der Waals surface area contributed by atoms with E-state index < -0.39 is 5.60 Å². The van der Waals surface area contributed by atoms with Crippen molar-refractivity contribution in [1.29, 1.82) is 0 Å². The molecule has 0 bridgehead atoms. The number of carbonyl (C=O) groups excluding carboxylic acids is 1. The van der Waals surface area contributed by atoms with Gasteiger partial charge in [0.1, 0.15) is 6.54 Å². The van der Waals surface area contributed by atoms with Gasteiger partial charge in [-0.15, -0.1) is 0 Å². The first kappa shape index (κ1) is 23.6. The van der Waals surface area contributed by atoms with Crippen LogP contribution < -0.4 is 0 Å². The van der Waals surface area contributed by atoms with Crippen LogP contribution in [0.2, 0.25) is 0 Å². The Morgan fingerprint density at radius 2 is 1.91 bits per heavy atom. The number of ketones is 1. The molecule has 0 radical (unpaired) electrons. The van der Waals surface area contributed by atoms with Crippen LogP contribution in [0.5, 0.6) is 0 Å². The Balaban J connectivity index is 1.27. The lowest BCUT2D eigenvalue weighted by molar-refractivity contribution is -0.151. The smallest absolute Gasteiger partial charge is 0.158 e. The molecule has 4 saturated carbocycles. The molecule has 2 aromatic heterocycles. The summed E-state index contributed by atoms with van der Waals surface area (Å²) in [5.74, 6) is 3.78. The van der Waals surface area contributed by atoms with Crippen molar-refractivity contribution in [1.82, 2.24) is 14.8 Å². The molecular formula is C30H43N3O2. The fourth-order valence-corrected chi connectivity index (χ4v) is 9.93. The lowest BCUT2D eigenvalue weighted by Crippen LogP contribution is -2.55. The highest BCUT2D eigenvalue weighted by atomic mass is 16.3. The Morgan fingerprint density at radius 3 is 2.71 bits per heavy atom. The second-order valence-corrected chi connectivity index (χ2v) is 13.5. The maximum Gasteiger partial charge on any atom is 0.158 e. The highest BCUT2D eigenvalue weighted by Gasteiger charge is 2.63. The predicted molar refractivity (Wildman–Crippen MR) is 138 cm³/mol. The minimum absolute atomic E-state index is 0.101. The van der Waals surface area contributed by atoms with Crippen molar-refractivity contribution in [3.8, 4) is 0 Å². The van der Waals surface area contributed by atoms with Crippen molar-refractivity contribution in [2.24, 2.45) is 46.3 Å². The molecule has 2 aromatic rings. The third-order valence-electron chi connectivity index (χ3n) is 11.8. The predicted octanol–water partition coefficient (Wildman–Crippen LogP) is 6.05. The van der Waals surface area contributed by atoms with E-state index >= 15 is 0 Å². The molecule has 0 saturated heterocycles. The van der Waals surface area contributed by atoms with Crippen LogP contribution in [0.25, 0.3) is 10.9 Å². The average Bonchev–Trinajstić information content (AvgIpc) is 3.37. The topological polar surface area (TPSA) is 68.0 Å². The molecule has 0 aromatic carbocycles. The van der Waals surface area contributed by atoms with E-state index in [0.717, 1.165) is 48.4 Å². The van der Waals surface area contributed by atoms with Crippen molar-refractivity contribution in [3.63, 3.8) is 0 Å². The molecule has 9 atom stereocenters. The van der Waals surface area contributed by atoms with Crippen molar-refractivity contribution < 1.29 is 9.90 Å². The van der Waals surface area contributed by atoms with Gasteiger partial charge in [0.05, 0.1) is 23.5 Å². The monoisotopic (exact) mass is 477 g/mol. The summed E-state index contributed by atoms with van der Waals surface area (Å²) in [4.78, 5) is 18.3. The van der Waals surface area contributed by atoms with Gasteiger partial charge in [0.2, 0.25) is 0 Å². The molecule has 0 spiro atoms. The van der Waals surface area contributed by atoms with Crippen LogP contribution in [0, 0.1) is 46.3 Å². The standard InChI is InChI=1S/C30H43N3O2/c1-5-19-14-24-22-7-6-21-15-28(2,35)11-12-29(21,3)23(22)8-10-30(24,4)27(19)26(34)18-33-25-17-31-13-9-20(25)16-32-33/h9,13,16-17,19,21-24,27,35H,5-8,10-12,14-15,18H2,1-4H3/t19-,21+,22-,23+,24+,27-,28-,29+,30+/m1/s1. The first-order chi connectivity index (χ1) is 16.7. The van der Waals surface area contributed by atoms with Gasteiger partial charge in [-0.3, -0.25) is 14.5 Å². The summed E-state index contributed by atoms with van der Waals surface area (Å²) in [7, 11) is 0. The molecule has 5 heteroatoms. The highest BCUT2D eigenvalue weighted by molar-refractivity contribution is 5.85. The van der Waals surface area contributed by atoms with E-state index in [1.54, 1.807) is 6.20 Å².